The average molecular weight is 448 g/mol. The molecule has 5 rings (SSSR count). The maximum absolute atomic E-state index is 11.8. The summed E-state index contributed by atoms with van der Waals surface area (Å²) < 4.78 is 17.7. The number of aromatic carboxylic acids is 1. The molecule has 2 aromatic carbocycles. The number of carbonyl (C=O) groups is 1. The SMILES string of the molecule is O=C(O)c1cccc(N2CC(Oc3ccc(COc4ccsn4)cc3)C2)c1-n1cccc1. The van der Waals surface area contributed by atoms with Crippen molar-refractivity contribution in [1.82, 2.24) is 8.94 Å². The molecule has 1 saturated heterocycles. The van der Waals surface area contributed by atoms with Gasteiger partial charge in [-0.25, -0.2) is 4.79 Å². The summed E-state index contributed by atoms with van der Waals surface area (Å²) in [4.78, 5) is 13.9. The van der Waals surface area contributed by atoms with Crippen LogP contribution in [-0.4, -0.2) is 39.2 Å². The second-order valence-electron chi connectivity index (χ2n) is 7.48. The standard InChI is InChI=1S/C24H21N3O4S/c28-24(29)20-4-3-5-21(23(20)26-11-1-2-12-26)27-14-19(15-27)31-18-8-6-17(7-9-18)16-30-22-10-13-32-25-22/h1-13,19H,14-16H2,(H,28,29). The van der Waals surface area contributed by atoms with Crippen LogP contribution in [-0.2, 0) is 6.61 Å². The van der Waals surface area contributed by atoms with Gasteiger partial charge in [0.1, 0.15) is 18.5 Å². The van der Waals surface area contributed by atoms with E-state index in [4.69, 9.17) is 9.47 Å². The number of rotatable bonds is 8. The van der Waals surface area contributed by atoms with Crippen molar-refractivity contribution in [2.75, 3.05) is 18.0 Å². The summed E-state index contributed by atoms with van der Waals surface area (Å²) in [5, 5.41) is 11.5. The van der Waals surface area contributed by atoms with E-state index in [1.165, 1.54) is 11.5 Å². The van der Waals surface area contributed by atoms with Gasteiger partial charge in [0.15, 0.2) is 0 Å². The molecule has 162 valence electrons. The number of nitrogens with zero attached hydrogens (tertiary/aromatic N) is 3. The first-order valence-electron chi connectivity index (χ1n) is 10.2. The smallest absolute Gasteiger partial charge is 0.337 e. The Bertz CT molecular complexity index is 1180. The minimum atomic E-state index is -0.942. The van der Waals surface area contributed by atoms with Gasteiger partial charge in [-0.15, -0.1) is 0 Å². The summed E-state index contributed by atoms with van der Waals surface area (Å²) in [6.07, 6.45) is 3.76. The zero-order valence-corrected chi connectivity index (χ0v) is 17.9. The maximum atomic E-state index is 11.8. The van der Waals surface area contributed by atoms with E-state index in [9.17, 15) is 9.90 Å². The molecule has 1 aliphatic heterocycles. The molecular formula is C24H21N3O4S. The molecule has 1 fully saturated rings. The lowest BCUT2D eigenvalue weighted by molar-refractivity contribution is 0.0697. The largest absolute Gasteiger partial charge is 0.487 e. The lowest BCUT2D eigenvalue weighted by atomic mass is 10.1. The number of hydrogen-bond acceptors (Lipinski definition) is 6. The molecule has 0 spiro atoms. The monoisotopic (exact) mass is 447 g/mol. The summed E-state index contributed by atoms with van der Waals surface area (Å²) in [5.41, 5.74) is 2.88. The van der Waals surface area contributed by atoms with E-state index in [1.807, 2.05) is 70.9 Å². The van der Waals surface area contributed by atoms with E-state index in [-0.39, 0.29) is 11.7 Å². The third-order valence-electron chi connectivity index (χ3n) is 5.32. The highest BCUT2D eigenvalue weighted by Gasteiger charge is 2.31. The van der Waals surface area contributed by atoms with Crippen LogP contribution in [0.5, 0.6) is 11.6 Å². The quantitative estimate of drug-likeness (QED) is 0.429. The number of ether oxygens (including phenoxy) is 2. The van der Waals surface area contributed by atoms with Crippen LogP contribution in [0.25, 0.3) is 5.69 Å². The topological polar surface area (TPSA) is 76.8 Å². The molecule has 32 heavy (non-hydrogen) atoms. The van der Waals surface area contributed by atoms with Crippen molar-refractivity contribution in [3.05, 3.63) is 89.6 Å². The number of hydrogen-bond donors (Lipinski definition) is 1. The van der Waals surface area contributed by atoms with Crippen molar-refractivity contribution >= 4 is 23.2 Å². The van der Waals surface area contributed by atoms with Crippen LogP contribution in [0.3, 0.4) is 0 Å². The van der Waals surface area contributed by atoms with Gasteiger partial charge in [-0.2, -0.15) is 4.37 Å². The van der Waals surface area contributed by atoms with Crippen molar-refractivity contribution < 1.29 is 19.4 Å². The number of aromatic nitrogens is 2. The Balaban J connectivity index is 1.22. The summed E-state index contributed by atoms with van der Waals surface area (Å²) in [7, 11) is 0. The van der Waals surface area contributed by atoms with Crippen LogP contribution in [0.4, 0.5) is 5.69 Å². The van der Waals surface area contributed by atoms with Gasteiger partial charge in [0.2, 0.25) is 5.88 Å². The molecule has 0 bridgehead atoms. The van der Waals surface area contributed by atoms with Gasteiger partial charge in [0, 0.05) is 23.8 Å². The van der Waals surface area contributed by atoms with E-state index < -0.39 is 5.97 Å². The first-order chi connectivity index (χ1) is 15.7. The predicted octanol–water partition coefficient (Wildman–Crippen LogP) is 4.48. The normalized spacial score (nSPS) is 13.6. The molecule has 7 nitrogen and oxygen atoms in total. The van der Waals surface area contributed by atoms with Gasteiger partial charge in [0.05, 0.1) is 30.0 Å². The number of benzene rings is 2. The van der Waals surface area contributed by atoms with Gasteiger partial charge in [0.25, 0.3) is 0 Å². The second-order valence-corrected chi connectivity index (χ2v) is 8.15. The molecule has 3 heterocycles. The number of carboxylic acid groups (broad SMARTS) is 1. The fourth-order valence-electron chi connectivity index (χ4n) is 3.71. The third-order valence-corrected chi connectivity index (χ3v) is 5.87. The van der Waals surface area contributed by atoms with E-state index >= 15 is 0 Å². The fourth-order valence-corrected chi connectivity index (χ4v) is 4.17. The highest BCUT2D eigenvalue weighted by Crippen LogP contribution is 2.32. The fraction of sp³-hybridized carbons (Fsp3) is 0.167. The lowest BCUT2D eigenvalue weighted by Crippen LogP contribution is -2.54. The molecule has 2 aromatic heterocycles. The Morgan fingerprint density at radius 2 is 1.84 bits per heavy atom. The molecule has 1 N–H and O–H groups in total. The van der Waals surface area contributed by atoms with Crippen LogP contribution in [0.2, 0.25) is 0 Å². The Kier molecular flexibility index (Phi) is 5.51. The highest BCUT2D eigenvalue weighted by molar-refractivity contribution is 7.03. The second kappa shape index (κ2) is 8.76. The van der Waals surface area contributed by atoms with Crippen molar-refractivity contribution in [3.8, 4) is 17.3 Å². The Morgan fingerprint density at radius 3 is 2.53 bits per heavy atom. The van der Waals surface area contributed by atoms with Gasteiger partial charge < -0.3 is 24.0 Å². The summed E-state index contributed by atoms with van der Waals surface area (Å²) >= 11 is 1.36. The van der Waals surface area contributed by atoms with Crippen molar-refractivity contribution in [2.24, 2.45) is 0 Å². The predicted molar refractivity (Wildman–Crippen MR) is 122 cm³/mol. The van der Waals surface area contributed by atoms with Gasteiger partial charge in [-0.1, -0.05) is 18.2 Å². The first-order valence-corrected chi connectivity index (χ1v) is 11.0. The first kappa shape index (κ1) is 20.1. The van der Waals surface area contributed by atoms with Crippen molar-refractivity contribution in [3.63, 3.8) is 0 Å². The van der Waals surface area contributed by atoms with E-state index in [2.05, 4.69) is 9.27 Å². The zero-order chi connectivity index (χ0) is 21.9. The minimum Gasteiger partial charge on any atom is -0.487 e. The minimum absolute atomic E-state index is 0.0399. The van der Waals surface area contributed by atoms with Gasteiger partial charge in [-0.3, -0.25) is 0 Å². The molecular weight excluding hydrogens is 426 g/mol. The molecule has 0 radical (unpaired) electrons. The molecule has 0 aliphatic carbocycles. The third kappa shape index (κ3) is 4.17. The number of anilines is 1. The maximum Gasteiger partial charge on any atom is 0.337 e. The summed E-state index contributed by atoms with van der Waals surface area (Å²) in [6.45, 7) is 1.83. The molecule has 0 atom stereocenters. The summed E-state index contributed by atoms with van der Waals surface area (Å²) in [5.74, 6) is 0.496. The molecule has 8 heteroatoms. The Morgan fingerprint density at radius 1 is 1.06 bits per heavy atom. The van der Waals surface area contributed by atoms with Crippen LogP contribution in [0.15, 0.2) is 78.4 Å². The zero-order valence-electron chi connectivity index (χ0n) is 17.1. The van der Waals surface area contributed by atoms with Gasteiger partial charge >= 0.3 is 5.97 Å². The number of para-hydroxylation sites is 1. The molecule has 0 unspecified atom stereocenters. The lowest BCUT2D eigenvalue weighted by Gasteiger charge is -2.41. The van der Waals surface area contributed by atoms with Crippen molar-refractivity contribution in [2.45, 2.75) is 12.7 Å². The Hall–Kier alpha value is -3.78. The van der Waals surface area contributed by atoms with Crippen LogP contribution in [0, 0.1) is 0 Å². The molecule has 0 amide bonds. The van der Waals surface area contributed by atoms with E-state index in [0.29, 0.717) is 31.3 Å². The van der Waals surface area contributed by atoms with Crippen LogP contribution < -0.4 is 14.4 Å². The van der Waals surface area contributed by atoms with Gasteiger partial charge in [-0.05, 0) is 53.5 Å². The number of carboxylic acids is 1. The molecule has 4 aromatic rings. The summed E-state index contributed by atoms with van der Waals surface area (Å²) in [6, 6.07) is 18.8. The van der Waals surface area contributed by atoms with Crippen molar-refractivity contribution in [1.29, 1.82) is 0 Å². The van der Waals surface area contributed by atoms with E-state index in [1.54, 1.807) is 12.1 Å². The van der Waals surface area contributed by atoms with Crippen LogP contribution in [0.1, 0.15) is 15.9 Å². The van der Waals surface area contributed by atoms with E-state index in [0.717, 1.165) is 17.0 Å². The molecule has 0 saturated carbocycles. The van der Waals surface area contributed by atoms with Crippen LogP contribution >= 0.6 is 11.5 Å². The Labute approximate surface area is 189 Å². The molecule has 1 aliphatic rings. The average Bonchev–Trinajstić information content (AvgIpc) is 3.49. The highest BCUT2D eigenvalue weighted by atomic mass is 32.1.